The van der Waals surface area contributed by atoms with Gasteiger partial charge in [-0.25, -0.2) is 0 Å². The van der Waals surface area contributed by atoms with E-state index in [0.29, 0.717) is 0 Å². The molecule has 0 heterocycles. The summed E-state index contributed by atoms with van der Waals surface area (Å²) in [7, 11) is 0. The monoisotopic (exact) mass is 208 g/mol. The number of rotatable bonds is 1. The van der Waals surface area contributed by atoms with Crippen molar-refractivity contribution in [2.45, 2.75) is 53.1 Å². The molecule has 1 aromatic carbocycles. The van der Waals surface area contributed by atoms with E-state index in [9.17, 15) is 0 Å². The molecule has 0 aliphatic heterocycles. The summed E-state index contributed by atoms with van der Waals surface area (Å²) in [6.45, 7) is 10.9. The fraction of sp³-hybridized carbons (Fsp3) is 0.571. The van der Waals surface area contributed by atoms with Gasteiger partial charge < -0.3 is 5.11 Å². The largest absolute Gasteiger partial charge is 0.392 e. The van der Waals surface area contributed by atoms with Gasteiger partial charge in [-0.3, -0.25) is 0 Å². The number of aliphatic hydroxyl groups excluding tert-OH is 1. The first-order valence-corrected chi connectivity index (χ1v) is 5.66. The van der Waals surface area contributed by atoms with Crippen molar-refractivity contribution in [3.05, 3.63) is 35.4 Å². The van der Waals surface area contributed by atoms with E-state index in [1.165, 1.54) is 12.0 Å². The Balaban J connectivity index is 0.000000583. The molecular formula is C14H24O. The summed E-state index contributed by atoms with van der Waals surface area (Å²) in [5.41, 5.74) is 2.48. The highest BCUT2D eigenvalue weighted by molar-refractivity contribution is 5.26. The molecule has 0 radical (unpaired) electrons. The molecule has 0 unspecified atom stereocenters. The van der Waals surface area contributed by atoms with Crippen molar-refractivity contribution < 1.29 is 5.11 Å². The van der Waals surface area contributed by atoms with Crippen LogP contribution in [0.25, 0.3) is 0 Å². The van der Waals surface area contributed by atoms with E-state index in [-0.39, 0.29) is 12.0 Å². The lowest BCUT2D eigenvalue weighted by atomic mass is 9.87. The van der Waals surface area contributed by atoms with Gasteiger partial charge in [0.2, 0.25) is 0 Å². The van der Waals surface area contributed by atoms with Crippen LogP contribution in [0.4, 0.5) is 0 Å². The van der Waals surface area contributed by atoms with Crippen LogP contribution >= 0.6 is 0 Å². The lowest BCUT2D eigenvalue weighted by Gasteiger charge is -2.18. The fourth-order valence-electron chi connectivity index (χ4n) is 1.11. The van der Waals surface area contributed by atoms with Crippen LogP contribution in [0, 0.1) is 0 Å². The van der Waals surface area contributed by atoms with E-state index in [0.717, 1.165) is 5.56 Å². The summed E-state index contributed by atoms with van der Waals surface area (Å²) in [6, 6.07) is 8.10. The molecule has 0 saturated heterocycles. The van der Waals surface area contributed by atoms with E-state index >= 15 is 0 Å². The van der Waals surface area contributed by atoms with E-state index in [1.54, 1.807) is 0 Å². The van der Waals surface area contributed by atoms with Crippen LogP contribution in [0.5, 0.6) is 0 Å². The van der Waals surface area contributed by atoms with Gasteiger partial charge in [0.05, 0.1) is 6.61 Å². The normalized spacial score (nSPS) is 10.5. The zero-order valence-electron chi connectivity index (χ0n) is 10.7. The average Bonchev–Trinajstić information content (AvgIpc) is 2.18. The van der Waals surface area contributed by atoms with Gasteiger partial charge in [-0.1, -0.05) is 65.3 Å². The first kappa shape index (κ1) is 14.2. The lowest BCUT2D eigenvalue weighted by Crippen LogP contribution is -2.10. The second kappa shape index (κ2) is 6.62. The Kier molecular flexibility index (Phi) is 6.26. The molecule has 1 heteroatoms. The molecule has 1 N–H and O–H groups in total. The van der Waals surface area contributed by atoms with Crippen molar-refractivity contribution in [2.75, 3.05) is 0 Å². The van der Waals surface area contributed by atoms with Crippen LogP contribution in [-0.2, 0) is 12.0 Å². The predicted octanol–water partition coefficient (Wildman–Crippen LogP) is 3.89. The molecule has 0 fully saturated rings. The van der Waals surface area contributed by atoms with Crippen molar-refractivity contribution >= 4 is 0 Å². The highest BCUT2D eigenvalue weighted by Crippen LogP contribution is 2.21. The number of hydrogen-bond acceptors (Lipinski definition) is 1. The maximum absolute atomic E-state index is 8.83. The molecule has 0 aliphatic rings. The Labute approximate surface area is 94.2 Å². The molecule has 1 aromatic rings. The molecule has 0 spiro atoms. The van der Waals surface area contributed by atoms with Crippen molar-refractivity contribution in [1.82, 2.24) is 0 Å². The molecule has 1 rings (SSSR count). The minimum atomic E-state index is 0.129. The van der Waals surface area contributed by atoms with Gasteiger partial charge in [0.1, 0.15) is 0 Å². The smallest absolute Gasteiger partial charge is 0.0681 e. The Bertz CT molecular complexity index is 254. The topological polar surface area (TPSA) is 20.2 Å². The minimum Gasteiger partial charge on any atom is -0.392 e. The number of hydrogen-bond donors (Lipinski definition) is 1. The Morgan fingerprint density at radius 2 is 1.40 bits per heavy atom. The van der Waals surface area contributed by atoms with Crippen LogP contribution in [0.1, 0.15) is 52.2 Å². The van der Waals surface area contributed by atoms with Gasteiger partial charge >= 0.3 is 0 Å². The Morgan fingerprint density at radius 1 is 1.00 bits per heavy atom. The van der Waals surface area contributed by atoms with Crippen molar-refractivity contribution in [3.63, 3.8) is 0 Å². The van der Waals surface area contributed by atoms with Crippen LogP contribution in [0.15, 0.2) is 24.3 Å². The van der Waals surface area contributed by atoms with Gasteiger partial charge in [0, 0.05) is 0 Å². The van der Waals surface area contributed by atoms with Crippen molar-refractivity contribution in [2.24, 2.45) is 0 Å². The van der Waals surface area contributed by atoms with Crippen LogP contribution in [0.2, 0.25) is 0 Å². The van der Waals surface area contributed by atoms with E-state index in [1.807, 2.05) is 12.1 Å². The number of aliphatic hydroxyl groups is 1. The highest BCUT2D eigenvalue weighted by atomic mass is 16.3. The first-order chi connectivity index (χ1) is 6.95. The molecule has 1 nitrogen and oxygen atoms in total. The summed E-state index contributed by atoms with van der Waals surface area (Å²) in [6.07, 6.45) is 1.25. The third-order valence-corrected chi connectivity index (χ3v) is 2.00. The maximum Gasteiger partial charge on any atom is 0.0681 e. The highest BCUT2D eigenvalue weighted by Gasteiger charge is 2.12. The third kappa shape index (κ3) is 5.58. The molecule has 86 valence electrons. The van der Waals surface area contributed by atoms with Gasteiger partial charge in [-0.2, -0.15) is 0 Å². The van der Waals surface area contributed by atoms with Crippen molar-refractivity contribution in [1.29, 1.82) is 0 Å². The predicted molar refractivity (Wildman–Crippen MR) is 67.0 cm³/mol. The van der Waals surface area contributed by atoms with Crippen LogP contribution in [0.3, 0.4) is 0 Å². The molecule has 15 heavy (non-hydrogen) atoms. The standard InChI is InChI=1S/C11H16O.C3H8/c1-11(2,3)10-6-4-9(8-12)5-7-10;1-3-2/h4-7,12H,8H2,1-3H3;3H2,1-2H3. The molecule has 0 saturated carbocycles. The van der Waals surface area contributed by atoms with Crippen molar-refractivity contribution in [3.8, 4) is 0 Å². The molecule has 0 amide bonds. The quantitative estimate of drug-likeness (QED) is 0.742. The summed E-state index contributed by atoms with van der Waals surface area (Å²) in [4.78, 5) is 0. The van der Waals surface area contributed by atoms with E-state index in [4.69, 9.17) is 5.11 Å². The first-order valence-electron chi connectivity index (χ1n) is 5.66. The summed E-state index contributed by atoms with van der Waals surface area (Å²) in [5, 5.41) is 8.83. The maximum atomic E-state index is 8.83. The molecular weight excluding hydrogens is 184 g/mol. The van der Waals surface area contributed by atoms with Gasteiger partial charge in [0.15, 0.2) is 0 Å². The van der Waals surface area contributed by atoms with Gasteiger partial charge in [-0.05, 0) is 16.5 Å². The third-order valence-electron chi connectivity index (χ3n) is 2.00. The van der Waals surface area contributed by atoms with Crippen LogP contribution in [-0.4, -0.2) is 5.11 Å². The summed E-state index contributed by atoms with van der Waals surface area (Å²) < 4.78 is 0. The second-order valence-electron chi connectivity index (χ2n) is 4.81. The summed E-state index contributed by atoms with van der Waals surface area (Å²) >= 11 is 0. The lowest BCUT2D eigenvalue weighted by molar-refractivity contribution is 0.282. The second-order valence-corrected chi connectivity index (χ2v) is 4.81. The zero-order valence-corrected chi connectivity index (χ0v) is 10.7. The molecule has 0 bridgehead atoms. The SMILES string of the molecule is CC(C)(C)c1ccc(CO)cc1.CCC. The average molecular weight is 208 g/mol. The van der Waals surface area contributed by atoms with E-state index in [2.05, 4.69) is 46.8 Å². The van der Waals surface area contributed by atoms with E-state index < -0.39 is 0 Å². The minimum absolute atomic E-state index is 0.129. The Morgan fingerprint density at radius 3 is 1.67 bits per heavy atom. The van der Waals surface area contributed by atoms with Crippen LogP contribution < -0.4 is 0 Å². The summed E-state index contributed by atoms with van der Waals surface area (Å²) in [5.74, 6) is 0. The number of benzene rings is 1. The van der Waals surface area contributed by atoms with Gasteiger partial charge in [-0.15, -0.1) is 0 Å². The molecule has 0 aromatic heterocycles. The fourth-order valence-corrected chi connectivity index (χ4v) is 1.11. The molecule has 0 atom stereocenters. The van der Waals surface area contributed by atoms with Gasteiger partial charge in [0.25, 0.3) is 0 Å². The zero-order chi connectivity index (χ0) is 11.9. The molecule has 0 aliphatic carbocycles. The Hall–Kier alpha value is -0.820.